The van der Waals surface area contributed by atoms with E-state index in [9.17, 15) is 15.0 Å². The zero-order chi connectivity index (χ0) is 24.8. The van der Waals surface area contributed by atoms with Crippen molar-refractivity contribution in [3.63, 3.8) is 0 Å². The van der Waals surface area contributed by atoms with Crippen molar-refractivity contribution >= 4 is 5.91 Å². The molecule has 190 valence electrons. The van der Waals surface area contributed by atoms with Crippen molar-refractivity contribution < 1.29 is 38.7 Å². The lowest BCUT2D eigenvalue weighted by atomic mass is 9.95. The van der Waals surface area contributed by atoms with Crippen LogP contribution >= 0.6 is 0 Å². The van der Waals surface area contributed by atoms with Gasteiger partial charge in [-0.3, -0.25) is 4.79 Å². The average Bonchev–Trinajstić information content (AvgIpc) is 2.87. The standard InChI is InChI=1S/C26H33NO8/c1-17(29)27-21-23(31-13-18-9-5-3-6-10-18)22-20(34-25(21)33-16-26(2,30)15-28)14-32-24(35-22)19-11-7-4-8-12-19/h3-12,20-25,28,30H,13-16H2,1-2H3,(H,27,29)/t20-,21-,22-,23-,24-,25-,26-/m1/s1. The van der Waals surface area contributed by atoms with Crippen LogP contribution in [-0.2, 0) is 35.1 Å². The third kappa shape index (κ3) is 6.65. The molecule has 2 aliphatic rings. The number of ether oxygens (including phenoxy) is 5. The molecule has 0 bridgehead atoms. The van der Waals surface area contributed by atoms with Gasteiger partial charge < -0.3 is 39.2 Å². The summed E-state index contributed by atoms with van der Waals surface area (Å²) in [6, 6.07) is 18.5. The minimum Gasteiger partial charge on any atom is -0.393 e. The second-order valence-electron chi connectivity index (χ2n) is 9.17. The largest absolute Gasteiger partial charge is 0.393 e. The monoisotopic (exact) mass is 487 g/mol. The molecule has 9 nitrogen and oxygen atoms in total. The molecular weight excluding hydrogens is 454 g/mol. The lowest BCUT2D eigenvalue weighted by Crippen LogP contribution is -2.67. The van der Waals surface area contributed by atoms with Gasteiger partial charge in [-0.05, 0) is 12.5 Å². The van der Waals surface area contributed by atoms with Crippen molar-refractivity contribution in [2.75, 3.05) is 19.8 Å². The molecule has 0 saturated carbocycles. The van der Waals surface area contributed by atoms with Gasteiger partial charge in [0, 0.05) is 12.5 Å². The van der Waals surface area contributed by atoms with E-state index in [0.717, 1.165) is 11.1 Å². The fraction of sp³-hybridized carbons (Fsp3) is 0.500. The molecule has 2 saturated heterocycles. The van der Waals surface area contributed by atoms with Crippen molar-refractivity contribution in [2.24, 2.45) is 0 Å². The third-order valence-corrected chi connectivity index (χ3v) is 5.97. The van der Waals surface area contributed by atoms with Gasteiger partial charge in [-0.1, -0.05) is 60.7 Å². The van der Waals surface area contributed by atoms with E-state index in [1.807, 2.05) is 60.7 Å². The van der Waals surface area contributed by atoms with E-state index < -0.39 is 49.1 Å². The van der Waals surface area contributed by atoms with Gasteiger partial charge >= 0.3 is 0 Å². The molecular formula is C26H33NO8. The highest BCUT2D eigenvalue weighted by molar-refractivity contribution is 5.73. The Bertz CT molecular complexity index is 941. The first kappa shape index (κ1) is 25.7. The molecule has 35 heavy (non-hydrogen) atoms. The lowest BCUT2D eigenvalue weighted by Gasteiger charge is -2.49. The molecule has 1 amide bonds. The molecule has 7 atom stereocenters. The molecule has 0 radical (unpaired) electrons. The van der Waals surface area contributed by atoms with Gasteiger partial charge in [0.2, 0.25) is 5.91 Å². The number of hydrogen-bond donors (Lipinski definition) is 3. The Morgan fingerprint density at radius 2 is 1.77 bits per heavy atom. The molecule has 0 aromatic heterocycles. The van der Waals surface area contributed by atoms with Crippen LogP contribution in [0, 0.1) is 0 Å². The summed E-state index contributed by atoms with van der Waals surface area (Å²) in [6.45, 7) is 2.66. The molecule has 0 spiro atoms. The average molecular weight is 488 g/mol. The van der Waals surface area contributed by atoms with Crippen LogP contribution in [0.15, 0.2) is 60.7 Å². The number of fused-ring (bicyclic) bond motifs is 1. The van der Waals surface area contributed by atoms with Crippen LogP contribution in [0.5, 0.6) is 0 Å². The molecule has 9 heteroatoms. The van der Waals surface area contributed by atoms with E-state index in [4.69, 9.17) is 23.7 Å². The fourth-order valence-corrected chi connectivity index (χ4v) is 4.15. The highest BCUT2D eigenvalue weighted by Crippen LogP contribution is 2.36. The molecule has 3 N–H and O–H groups in total. The summed E-state index contributed by atoms with van der Waals surface area (Å²) in [7, 11) is 0. The van der Waals surface area contributed by atoms with E-state index in [-0.39, 0.29) is 25.7 Å². The Labute approximate surface area is 204 Å². The number of aliphatic hydroxyl groups excluding tert-OH is 1. The molecule has 0 unspecified atom stereocenters. The molecule has 2 aromatic carbocycles. The minimum absolute atomic E-state index is 0.207. The zero-order valence-corrected chi connectivity index (χ0v) is 19.9. The van der Waals surface area contributed by atoms with Crippen LogP contribution in [0.1, 0.15) is 31.3 Å². The molecule has 4 rings (SSSR count). The number of amides is 1. The maximum Gasteiger partial charge on any atom is 0.217 e. The van der Waals surface area contributed by atoms with Crippen LogP contribution in [0.3, 0.4) is 0 Å². The summed E-state index contributed by atoms with van der Waals surface area (Å²) in [5.41, 5.74) is 0.352. The number of hydrogen-bond acceptors (Lipinski definition) is 8. The predicted octanol–water partition coefficient (Wildman–Crippen LogP) is 1.68. The maximum atomic E-state index is 12.1. The predicted molar refractivity (Wildman–Crippen MR) is 125 cm³/mol. The first-order valence-electron chi connectivity index (χ1n) is 11.7. The SMILES string of the molecule is CC(=O)N[C@H]1[C@H](OC[C@](C)(O)CO)O[C@@H]2CO[C@@H](c3ccccc3)O[C@H]2[C@@H]1OCc1ccccc1. The molecule has 2 heterocycles. The second-order valence-corrected chi connectivity index (χ2v) is 9.17. The van der Waals surface area contributed by atoms with E-state index in [2.05, 4.69) is 5.32 Å². The zero-order valence-electron chi connectivity index (χ0n) is 19.9. The second kappa shape index (κ2) is 11.6. The van der Waals surface area contributed by atoms with Crippen LogP contribution in [-0.4, -0.2) is 72.2 Å². The number of carbonyl (C=O) groups excluding carboxylic acids is 1. The molecule has 0 aliphatic carbocycles. The van der Waals surface area contributed by atoms with Gasteiger partial charge in [0.15, 0.2) is 12.6 Å². The van der Waals surface area contributed by atoms with Gasteiger partial charge in [-0.15, -0.1) is 0 Å². The fourth-order valence-electron chi connectivity index (χ4n) is 4.15. The topological polar surface area (TPSA) is 116 Å². The lowest BCUT2D eigenvalue weighted by molar-refractivity contribution is -0.352. The Hall–Kier alpha value is -2.37. The number of rotatable bonds is 9. The number of aliphatic hydroxyl groups is 2. The Kier molecular flexibility index (Phi) is 8.51. The summed E-state index contributed by atoms with van der Waals surface area (Å²) < 4.78 is 30.6. The number of nitrogens with one attached hydrogen (secondary N) is 1. The quantitative estimate of drug-likeness (QED) is 0.489. The van der Waals surface area contributed by atoms with Crippen molar-refractivity contribution in [3.8, 4) is 0 Å². The van der Waals surface area contributed by atoms with Crippen molar-refractivity contribution in [1.29, 1.82) is 0 Å². The van der Waals surface area contributed by atoms with Crippen molar-refractivity contribution in [3.05, 3.63) is 71.8 Å². The summed E-state index contributed by atoms with van der Waals surface area (Å²) in [4.78, 5) is 12.1. The highest BCUT2D eigenvalue weighted by Gasteiger charge is 2.51. The third-order valence-electron chi connectivity index (χ3n) is 5.97. The smallest absolute Gasteiger partial charge is 0.217 e. The van der Waals surface area contributed by atoms with Gasteiger partial charge in [-0.25, -0.2) is 0 Å². The van der Waals surface area contributed by atoms with Crippen LogP contribution < -0.4 is 5.32 Å². The summed E-state index contributed by atoms with van der Waals surface area (Å²) in [6.07, 6.45) is -3.32. The molecule has 2 aliphatic heterocycles. The van der Waals surface area contributed by atoms with Crippen LogP contribution in [0.4, 0.5) is 0 Å². The van der Waals surface area contributed by atoms with Crippen molar-refractivity contribution in [1.82, 2.24) is 5.32 Å². The first-order chi connectivity index (χ1) is 16.9. The van der Waals surface area contributed by atoms with Crippen molar-refractivity contribution in [2.45, 2.75) is 63.0 Å². The Balaban J connectivity index is 1.59. The van der Waals surface area contributed by atoms with Crippen LogP contribution in [0.2, 0.25) is 0 Å². The molecule has 2 fully saturated rings. The number of benzene rings is 2. The van der Waals surface area contributed by atoms with E-state index in [0.29, 0.717) is 0 Å². The van der Waals surface area contributed by atoms with Gasteiger partial charge in [-0.2, -0.15) is 0 Å². The Morgan fingerprint density at radius 1 is 1.09 bits per heavy atom. The first-order valence-corrected chi connectivity index (χ1v) is 11.7. The van der Waals surface area contributed by atoms with Gasteiger partial charge in [0.05, 0.1) is 26.4 Å². The maximum absolute atomic E-state index is 12.1. The number of carbonyl (C=O) groups is 1. The van der Waals surface area contributed by atoms with Gasteiger partial charge in [0.25, 0.3) is 0 Å². The Morgan fingerprint density at radius 3 is 2.43 bits per heavy atom. The summed E-state index contributed by atoms with van der Waals surface area (Å²) in [5.74, 6) is -0.292. The summed E-state index contributed by atoms with van der Waals surface area (Å²) >= 11 is 0. The normalized spacial score (nSPS) is 30.2. The van der Waals surface area contributed by atoms with E-state index in [1.54, 1.807) is 0 Å². The van der Waals surface area contributed by atoms with Crippen LogP contribution in [0.25, 0.3) is 0 Å². The highest BCUT2D eigenvalue weighted by atomic mass is 16.8. The van der Waals surface area contributed by atoms with Gasteiger partial charge in [0.1, 0.15) is 30.0 Å². The van der Waals surface area contributed by atoms with E-state index in [1.165, 1.54) is 13.8 Å². The van der Waals surface area contributed by atoms with E-state index >= 15 is 0 Å². The molecule has 2 aromatic rings. The minimum atomic E-state index is -1.47. The summed E-state index contributed by atoms with van der Waals surface area (Å²) in [5, 5.41) is 22.5.